The molecule has 6 nitrogen and oxygen atoms in total. The first-order valence-corrected chi connectivity index (χ1v) is 12.5. The van der Waals surface area contributed by atoms with Gasteiger partial charge in [0.25, 0.3) is 0 Å². The molecule has 0 radical (unpaired) electrons. The zero-order chi connectivity index (χ0) is 21.8. The summed E-state index contributed by atoms with van der Waals surface area (Å²) in [5.41, 5.74) is 2.31. The van der Waals surface area contributed by atoms with Gasteiger partial charge in [0.1, 0.15) is 11.5 Å². The minimum Gasteiger partial charge on any atom is -0.497 e. The molecule has 2 saturated heterocycles. The molecule has 0 amide bonds. The van der Waals surface area contributed by atoms with E-state index in [1.54, 1.807) is 18.5 Å². The van der Waals surface area contributed by atoms with Crippen LogP contribution in [0.1, 0.15) is 24.0 Å². The van der Waals surface area contributed by atoms with Crippen LogP contribution >= 0.6 is 0 Å². The van der Waals surface area contributed by atoms with Gasteiger partial charge in [-0.15, -0.1) is 0 Å². The van der Waals surface area contributed by atoms with Crippen LogP contribution in [0.4, 0.5) is 0 Å². The Labute approximate surface area is 185 Å². The second-order valence-corrected chi connectivity index (χ2v) is 10.7. The summed E-state index contributed by atoms with van der Waals surface area (Å²) >= 11 is 0. The Morgan fingerprint density at radius 1 is 0.935 bits per heavy atom. The average molecular weight is 445 g/mol. The van der Waals surface area contributed by atoms with E-state index >= 15 is 0 Å². The predicted molar refractivity (Wildman–Crippen MR) is 122 cm³/mol. The van der Waals surface area contributed by atoms with Crippen molar-refractivity contribution in [3.63, 3.8) is 0 Å². The zero-order valence-corrected chi connectivity index (χ0v) is 19.2. The molecule has 0 aromatic heterocycles. The number of fused-ring (bicyclic) bond motifs is 1. The lowest BCUT2D eigenvalue weighted by atomic mass is 10.0. The van der Waals surface area contributed by atoms with Gasteiger partial charge in [-0.3, -0.25) is 4.90 Å². The van der Waals surface area contributed by atoms with Crippen LogP contribution in [0, 0.1) is 5.92 Å². The first-order valence-electron chi connectivity index (χ1n) is 11.0. The van der Waals surface area contributed by atoms with Gasteiger partial charge in [-0.25, -0.2) is 12.7 Å². The number of rotatable bonds is 7. The van der Waals surface area contributed by atoms with Gasteiger partial charge in [-0.05, 0) is 73.7 Å². The molecule has 0 unspecified atom stereocenters. The summed E-state index contributed by atoms with van der Waals surface area (Å²) in [6.45, 7) is 3.75. The fourth-order valence-electron chi connectivity index (χ4n) is 4.84. The van der Waals surface area contributed by atoms with Crippen molar-refractivity contribution in [3.05, 3.63) is 59.7 Å². The second kappa shape index (κ2) is 9.59. The molecule has 0 N–H and O–H groups in total. The van der Waals surface area contributed by atoms with Crippen LogP contribution in [-0.2, 0) is 23.0 Å². The Kier molecular flexibility index (Phi) is 6.84. The van der Waals surface area contributed by atoms with Gasteiger partial charge in [-0.1, -0.05) is 24.3 Å². The van der Waals surface area contributed by atoms with Crippen molar-refractivity contribution in [1.29, 1.82) is 0 Å². The molecular weight excluding hydrogens is 412 g/mol. The van der Waals surface area contributed by atoms with Crippen molar-refractivity contribution in [2.24, 2.45) is 5.92 Å². The minimum absolute atomic E-state index is 0.214. The highest BCUT2D eigenvalue weighted by Crippen LogP contribution is 2.34. The van der Waals surface area contributed by atoms with Crippen molar-refractivity contribution >= 4 is 10.0 Å². The van der Waals surface area contributed by atoms with E-state index in [1.165, 1.54) is 5.56 Å². The molecule has 2 aromatic carbocycles. The van der Waals surface area contributed by atoms with Gasteiger partial charge in [0.15, 0.2) is 0 Å². The first-order chi connectivity index (χ1) is 15.0. The molecule has 2 fully saturated rings. The summed E-state index contributed by atoms with van der Waals surface area (Å²) in [4.78, 5) is 2.38. The van der Waals surface area contributed by atoms with E-state index in [4.69, 9.17) is 9.47 Å². The molecule has 2 atom stereocenters. The molecule has 4 rings (SSSR count). The SMILES string of the molecule is COc1cccc(CCN2C[C@H]3CCN(Cc4cccc(OC)c4)CC[C@H]3S2(=O)=O)c1. The highest BCUT2D eigenvalue weighted by atomic mass is 32.2. The summed E-state index contributed by atoms with van der Waals surface area (Å²) in [7, 11) is 0.0772. The molecule has 31 heavy (non-hydrogen) atoms. The number of hydrogen-bond donors (Lipinski definition) is 0. The number of nitrogens with zero attached hydrogens (tertiary/aromatic N) is 2. The Morgan fingerprint density at radius 3 is 2.29 bits per heavy atom. The highest BCUT2D eigenvalue weighted by molar-refractivity contribution is 7.90. The Morgan fingerprint density at radius 2 is 1.58 bits per heavy atom. The molecule has 0 aliphatic carbocycles. The third-order valence-electron chi connectivity index (χ3n) is 6.58. The van der Waals surface area contributed by atoms with Gasteiger partial charge >= 0.3 is 0 Å². The fourth-order valence-corrected chi connectivity index (χ4v) is 7.08. The summed E-state index contributed by atoms with van der Waals surface area (Å²) < 4.78 is 38.8. The van der Waals surface area contributed by atoms with E-state index < -0.39 is 10.0 Å². The van der Waals surface area contributed by atoms with E-state index in [2.05, 4.69) is 17.0 Å². The monoisotopic (exact) mass is 444 g/mol. The standard InChI is InChI=1S/C24H32N2O4S/c1-29-22-7-3-5-19(15-22)9-14-26-18-21-10-12-25(13-11-24(21)31(26,27)28)17-20-6-4-8-23(16-20)30-2/h3-8,15-16,21,24H,9-14,17-18H2,1-2H3/t21-,24-/m1/s1. The maximum atomic E-state index is 13.2. The van der Waals surface area contributed by atoms with Crippen LogP contribution in [0.25, 0.3) is 0 Å². The third kappa shape index (κ3) is 5.05. The average Bonchev–Trinajstić information content (AvgIpc) is 2.90. The van der Waals surface area contributed by atoms with E-state index in [0.717, 1.165) is 43.1 Å². The summed E-state index contributed by atoms with van der Waals surface area (Å²) in [6.07, 6.45) is 2.33. The second-order valence-electron chi connectivity index (χ2n) is 8.51. The summed E-state index contributed by atoms with van der Waals surface area (Å²) in [5, 5.41) is -0.256. The largest absolute Gasteiger partial charge is 0.497 e. The predicted octanol–water partition coefficient (Wildman–Crippen LogP) is 3.17. The summed E-state index contributed by atoms with van der Waals surface area (Å²) in [6, 6.07) is 16.0. The highest BCUT2D eigenvalue weighted by Gasteiger charge is 2.46. The molecule has 2 aromatic rings. The topological polar surface area (TPSA) is 59.1 Å². The number of ether oxygens (including phenoxy) is 2. The van der Waals surface area contributed by atoms with Crippen LogP contribution in [-0.4, -0.2) is 63.3 Å². The Bertz CT molecular complexity index is 995. The maximum Gasteiger partial charge on any atom is 0.217 e. The fraction of sp³-hybridized carbons (Fsp3) is 0.500. The van der Waals surface area contributed by atoms with E-state index in [1.807, 2.05) is 36.4 Å². The maximum absolute atomic E-state index is 13.2. The van der Waals surface area contributed by atoms with Crippen LogP contribution in [0.2, 0.25) is 0 Å². The number of sulfonamides is 1. The van der Waals surface area contributed by atoms with Crippen LogP contribution in [0.15, 0.2) is 48.5 Å². The summed E-state index contributed by atoms with van der Waals surface area (Å²) in [5.74, 6) is 1.88. The molecule has 2 heterocycles. The van der Waals surface area contributed by atoms with Gasteiger partial charge in [0.2, 0.25) is 10.0 Å². The normalized spacial score (nSPS) is 23.8. The molecule has 2 aliphatic rings. The van der Waals surface area contributed by atoms with Gasteiger partial charge in [-0.2, -0.15) is 0 Å². The van der Waals surface area contributed by atoms with Crippen LogP contribution in [0.5, 0.6) is 11.5 Å². The molecule has 0 spiro atoms. The lowest BCUT2D eigenvalue weighted by Crippen LogP contribution is -2.33. The van der Waals surface area contributed by atoms with Crippen LogP contribution in [0.3, 0.4) is 0 Å². The van der Waals surface area contributed by atoms with E-state index in [-0.39, 0.29) is 11.2 Å². The van der Waals surface area contributed by atoms with Crippen molar-refractivity contribution in [2.45, 2.75) is 31.1 Å². The number of methoxy groups -OCH3 is 2. The van der Waals surface area contributed by atoms with E-state index in [9.17, 15) is 8.42 Å². The van der Waals surface area contributed by atoms with Crippen molar-refractivity contribution < 1.29 is 17.9 Å². The Balaban J connectivity index is 1.36. The first kappa shape index (κ1) is 22.1. The van der Waals surface area contributed by atoms with Gasteiger partial charge in [0, 0.05) is 19.6 Å². The van der Waals surface area contributed by atoms with Crippen molar-refractivity contribution in [1.82, 2.24) is 9.21 Å². The Hall–Kier alpha value is -2.09. The quantitative estimate of drug-likeness (QED) is 0.657. The lowest BCUT2D eigenvalue weighted by Gasteiger charge is -2.22. The molecule has 2 aliphatic heterocycles. The smallest absolute Gasteiger partial charge is 0.217 e. The number of likely N-dealkylation sites (tertiary alicyclic amines) is 1. The minimum atomic E-state index is -3.25. The van der Waals surface area contributed by atoms with Crippen molar-refractivity contribution in [3.8, 4) is 11.5 Å². The molecular formula is C24H32N2O4S. The van der Waals surface area contributed by atoms with Gasteiger partial charge in [0.05, 0.1) is 19.5 Å². The lowest BCUT2D eigenvalue weighted by molar-refractivity contribution is 0.267. The van der Waals surface area contributed by atoms with Crippen molar-refractivity contribution in [2.75, 3.05) is 40.4 Å². The number of hydrogen-bond acceptors (Lipinski definition) is 5. The zero-order valence-electron chi connectivity index (χ0n) is 18.4. The molecule has 0 bridgehead atoms. The van der Waals surface area contributed by atoms with E-state index in [0.29, 0.717) is 25.9 Å². The van der Waals surface area contributed by atoms with Gasteiger partial charge < -0.3 is 9.47 Å². The molecule has 0 saturated carbocycles. The van der Waals surface area contributed by atoms with Crippen LogP contribution < -0.4 is 9.47 Å². The third-order valence-corrected chi connectivity index (χ3v) is 9.01. The number of benzene rings is 2. The molecule has 7 heteroatoms. The molecule has 168 valence electrons.